The number of piperidine rings is 1. The summed E-state index contributed by atoms with van der Waals surface area (Å²) in [5.41, 5.74) is 1.24. The van der Waals surface area contributed by atoms with E-state index in [2.05, 4.69) is 39.3 Å². The second-order valence-electron chi connectivity index (χ2n) is 4.73. The maximum atomic E-state index is 6.08. The minimum Gasteiger partial charge on any atom is -0.309 e. The van der Waals surface area contributed by atoms with Crippen LogP contribution in [0.2, 0.25) is 5.02 Å². The molecule has 2 rings (SSSR count). The standard InChI is InChI=1S/C13H18BrClN2/c1-17-6-2-3-11(9-17)16-8-10-4-5-12(14)13(15)7-10/h4-5,7,11,16H,2-3,6,8-9H2,1H3. The van der Waals surface area contributed by atoms with Crippen LogP contribution in [0.1, 0.15) is 18.4 Å². The van der Waals surface area contributed by atoms with Crippen LogP contribution in [0.25, 0.3) is 0 Å². The zero-order valence-electron chi connectivity index (χ0n) is 10.0. The Morgan fingerprint density at radius 1 is 1.53 bits per heavy atom. The minimum absolute atomic E-state index is 0.608. The zero-order chi connectivity index (χ0) is 12.3. The predicted octanol–water partition coefficient (Wildman–Crippen LogP) is 3.29. The lowest BCUT2D eigenvalue weighted by Crippen LogP contribution is -2.43. The van der Waals surface area contributed by atoms with Crippen LogP contribution in [-0.2, 0) is 6.54 Å². The van der Waals surface area contributed by atoms with Crippen LogP contribution in [0.15, 0.2) is 22.7 Å². The predicted molar refractivity (Wildman–Crippen MR) is 76.5 cm³/mol. The maximum absolute atomic E-state index is 6.08. The van der Waals surface area contributed by atoms with Crippen molar-refractivity contribution in [3.8, 4) is 0 Å². The van der Waals surface area contributed by atoms with Gasteiger partial charge in [-0.3, -0.25) is 0 Å². The number of likely N-dealkylation sites (tertiary alicyclic amines) is 1. The number of benzene rings is 1. The fourth-order valence-electron chi connectivity index (χ4n) is 2.24. The molecule has 2 nitrogen and oxygen atoms in total. The largest absolute Gasteiger partial charge is 0.309 e. The van der Waals surface area contributed by atoms with Crippen LogP contribution in [0.5, 0.6) is 0 Å². The first-order valence-electron chi connectivity index (χ1n) is 6.01. The van der Waals surface area contributed by atoms with E-state index in [1.54, 1.807) is 0 Å². The van der Waals surface area contributed by atoms with Crippen LogP contribution in [0.3, 0.4) is 0 Å². The molecule has 94 valence electrons. The van der Waals surface area contributed by atoms with Gasteiger partial charge in [0.05, 0.1) is 5.02 Å². The number of likely N-dealkylation sites (N-methyl/N-ethyl adjacent to an activating group) is 1. The molecule has 1 aliphatic heterocycles. The molecule has 0 saturated carbocycles. The molecule has 1 aromatic carbocycles. The molecule has 0 aliphatic carbocycles. The first-order chi connectivity index (χ1) is 8.15. The second-order valence-corrected chi connectivity index (χ2v) is 5.99. The molecule has 0 aromatic heterocycles. The summed E-state index contributed by atoms with van der Waals surface area (Å²) in [5.74, 6) is 0. The van der Waals surface area contributed by atoms with Gasteiger partial charge in [0.25, 0.3) is 0 Å². The van der Waals surface area contributed by atoms with Crippen molar-refractivity contribution in [3.05, 3.63) is 33.3 Å². The van der Waals surface area contributed by atoms with Gasteiger partial charge in [-0.05, 0) is 60.1 Å². The van der Waals surface area contributed by atoms with Gasteiger partial charge in [-0.2, -0.15) is 0 Å². The Morgan fingerprint density at radius 3 is 3.06 bits per heavy atom. The van der Waals surface area contributed by atoms with Crippen molar-refractivity contribution in [2.24, 2.45) is 0 Å². The van der Waals surface area contributed by atoms with Crippen molar-refractivity contribution in [2.45, 2.75) is 25.4 Å². The Hall–Kier alpha value is -0.0900. The van der Waals surface area contributed by atoms with Gasteiger partial charge in [0.1, 0.15) is 0 Å². The Balaban J connectivity index is 1.86. The van der Waals surface area contributed by atoms with Crippen molar-refractivity contribution in [2.75, 3.05) is 20.1 Å². The van der Waals surface area contributed by atoms with Crippen molar-refractivity contribution < 1.29 is 0 Å². The topological polar surface area (TPSA) is 15.3 Å². The number of nitrogens with one attached hydrogen (secondary N) is 1. The third-order valence-electron chi connectivity index (χ3n) is 3.20. The molecule has 1 unspecified atom stereocenters. The SMILES string of the molecule is CN1CCCC(NCc2ccc(Br)c(Cl)c2)C1. The second kappa shape index (κ2) is 6.19. The van der Waals surface area contributed by atoms with Gasteiger partial charge in [-0.1, -0.05) is 17.7 Å². The highest BCUT2D eigenvalue weighted by atomic mass is 79.9. The summed E-state index contributed by atoms with van der Waals surface area (Å²) in [6.45, 7) is 3.26. The summed E-state index contributed by atoms with van der Waals surface area (Å²) in [6, 6.07) is 6.74. The van der Waals surface area contributed by atoms with E-state index >= 15 is 0 Å². The van der Waals surface area contributed by atoms with E-state index in [1.165, 1.54) is 24.9 Å². The third-order valence-corrected chi connectivity index (χ3v) is 4.44. The van der Waals surface area contributed by atoms with Crippen LogP contribution in [-0.4, -0.2) is 31.1 Å². The summed E-state index contributed by atoms with van der Waals surface area (Å²) < 4.78 is 0.959. The van der Waals surface area contributed by atoms with Crippen molar-refractivity contribution in [1.29, 1.82) is 0 Å². The summed E-state index contributed by atoms with van der Waals surface area (Å²) in [6.07, 6.45) is 2.56. The summed E-state index contributed by atoms with van der Waals surface area (Å²) in [7, 11) is 2.18. The van der Waals surface area contributed by atoms with Gasteiger partial charge in [0.2, 0.25) is 0 Å². The molecule has 1 heterocycles. The fourth-order valence-corrected chi connectivity index (χ4v) is 2.69. The molecular weight excluding hydrogens is 300 g/mol. The lowest BCUT2D eigenvalue weighted by molar-refractivity contribution is 0.226. The monoisotopic (exact) mass is 316 g/mol. The van der Waals surface area contributed by atoms with Crippen molar-refractivity contribution >= 4 is 27.5 Å². The Morgan fingerprint density at radius 2 is 2.35 bits per heavy atom. The molecule has 1 saturated heterocycles. The molecule has 0 spiro atoms. The average molecular weight is 318 g/mol. The molecule has 1 aliphatic rings. The van der Waals surface area contributed by atoms with Crippen molar-refractivity contribution in [1.82, 2.24) is 10.2 Å². The molecule has 0 amide bonds. The van der Waals surface area contributed by atoms with Gasteiger partial charge in [-0.25, -0.2) is 0 Å². The van der Waals surface area contributed by atoms with Gasteiger partial charge in [-0.15, -0.1) is 0 Å². The van der Waals surface area contributed by atoms with Gasteiger partial charge < -0.3 is 10.2 Å². The first-order valence-corrected chi connectivity index (χ1v) is 7.18. The van der Waals surface area contributed by atoms with Gasteiger partial charge >= 0.3 is 0 Å². The summed E-state index contributed by atoms with van der Waals surface area (Å²) in [4.78, 5) is 2.38. The van der Waals surface area contributed by atoms with E-state index in [9.17, 15) is 0 Å². The molecule has 1 fully saturated rings. The average Bonchev–Trinajstić information content (AvgIpc) is 2.31. The quantitative estimate of drug-likeness (QED) is 0.920. The van der Waals surface area contributed by atoms with Crippen LogP contribution in [0.4, 0.5) is 0 Å². The first kappa shape index (κ1) is 13.3. The molecular formula is C13H18BrClN2. The number of hydrogen-bond donors (Lipinski definition) is 1. The highest BCUT2D eigenvalue weighted by Crippen LogP contribution is 2.23. The van der Waals surface area contributed by atoms with Crippen molar-refractivity contribution in [3.63, 3.8) is 0 Å². The number of rotatable bonds is 3. The Bertz CT molecular complexity index is 384. The Labute approximate surface area is 116 Å². The zero-order valence-corrected chi connectivity index (χ0v) is 12.4. The lowest BCUT2D eigenvalue weighted by atomic mass is 10.1. The highest BCUT2D eigenvalue weighted by molar-refractivity contribution is 9.10. The van der Waals surface area contributed by atoms with Crippen LogP contribution < -0.4 is 5.32 Å². The molecule has 0 bridgehead atoms. The number of hydrogen-bond acceptors (Lipinski definition) is 2. The van der Waals surface area contributed by atoms with E-state index < -0.39 is 0 Å². The maximum Gasteiger partial charge on any atom is 0.0551 e. The van der Waals surface area contributed by atoms with Gasteiger partial charge in [0.15, 0.2) is 0 Å². The normalized spacial score (nSPS) is 21.7. The fraction of sp³-hybridized carbons (Fsp3) is 0.538. The number of halogens is 2. The number of nitrogens with zero attached hydrogens (tertiary/aromatic N) is 1. The van der Waals surface area contributed by atoms with E-state index in [0.29, 0.717) is 6.04 Å². The Kier molecular flexibility index (Phi) is 4.86. The van der Waals surface area contributed by atoms with Gasteiger partial charge in [0, 0.05) is 23.6 Å². The lowest BCUT2D eigenvalue weighted by Gasteiger charge is -2.30. The van der Waals surface area contributed by atoms with E-state index in [-0.39, 0.29) is 0 Å². The smallest absolute Gasteiger partial charge is 0.0551 e. The van der Waals surface area contributed by atoms with E-state index in [4.69, 9.17) is 11.6 Å². The third kappa shape index (κ3) is 3.95. The van der Waals surface area contributed by atoms with E-state index in [0.717, 1.165) is 22.6 Å². The summed E-state index contributed by atoms with van der Waals surface area (Å²) >= 11 is 9.48. The summed E-state index contributed by atoms with van der Waals surface area (Å²) in [5, 5.41) is 4.38. The highest BCUT2D eigenvalue weighted by Gasteiger charge is 2.16. The minimum atomic E-state index is 0.608. The van der Waals surface area contributed by atoms with E-state index in [1.807, 2.05) is 12.1 Å². The molecule has 1 atom stereocenters. The molecule has 1 aromatic rings. The molecule has 4 heteroatoms. The van der Waals surface area contributed by atoms with Crippen LogP contribution in [0, 0.1) is 0 Å². The molecule has 17 heavy (non-hydrogen) atoms. The molecule has 1 N–H and O–H groups in total. The van der Waals surface area contributed by atoms with Crippen LogP contribution >= 0.6 is 27.5 Å². The molecule has 0 radical (unpaired) electrons.